The first-order chi connectivity index (χ1) is 9.08. The fourth-order valence-electron chi connectivity index (χ4n) is 2.60. The first kappa shape index (κ1) is 14.1. The highest BCUT2D eigenvalue weighted by molar-refractivity contribution is 5.81. The van der Waals surface area contributed by atoms with Gasteiger partial charge in [0.2, 0.25) is 0 Å². The largest absolute Gasteiger partial charge is 0.480 e. The second-order valence-electron chi connectivity index (χ2n) is 5.51. The van der Waals surface area contributed by atoms with Crippen LogP contribution < -0.4 is 5.32 Å². The summed E-state index contributed by atoms with van der Waals surface area (Å²) < 4.78 is 0. The van der Waals surface area contributed by atoms with Gasteiger partial charge in [-0.3, -0.25) is 4.79 Å². The number of hydrogen-bond acceptors (Lipinski definition) is 3. The number of carboxylic acids is 1. The molecule has 19 heavy (non-hydrogen) atoms. The maximum Gasteiger partial charge on any atom is 0.323 e. The number of aliphatic hydroxyl groups is 1. The zero-order chi connectivity index (χ0) is 13.8. The Labute approximate surface area is 112 Å². The molecule has 0 aromatic rings. The van der Waals surface area contributed by atoms with Crippen LogP contribution in [0.2, 0.25) is 0 Å². The summed E-state index contributed by atoms with van der Waals surface area (Å²) in [5, 5.41) is 21.6. The molecule has 2 amide bonds. The number of rotatable bonds is 4. The average molecular weight is 270 g/mol. The van der Waals surface area contributed by atoms with Gasteiger partial charge in [0.15, 0.2) is 0 Å². The Kier molecular flexibility index (Phi) is 4.63. The third-order valence-electron chi connectivity index (χ3n) is 3.84. The molecule has 2 rings (SSSR count). The van der Waals surface area contributed by atoms with Gasteiger partial charge in [-0.15, -0.1) is 0 Å². The van der Waals surface area contributed by atoms with Crippen molar-refractivity contribution in [3.63, 3.8) is 0 Å². The third-order valence-corrected chi connectivity index (χ3v) is 3.84. The topological polar surface area (TPSA) is 89.9 Å². The Balaban J connectivity index is 1.91. The third kappa shape index (κ3) is 4.09. The lowest BCUT2D eigenvalue weighted by atomic mass is 10.1. The van der Waals surface area contributed by atoms with Gasteiger partial charge in [0, 0.05) is 6.04 Å². The van der Waals surface area contributed by atoms with Crippen molar-refractivity contribution in [1.29, 1.82) is 0 Å². The SMILES string of the molecule is O=C(O)CN(C(=O)NC1CCCCCC1O)C1CC1. The number of aliphatic carboxylic acids is 1. The summed E-state index contributed by atoms with van der Waals surface area (Å²) in [5.41, 5.74) is 0. The van der Waals surface area contributed by atoms with Crippen molar-refractivity contribution in [1.82, 2.24) is 10.2 Å². The summed E-state index contributed by atoms with van der Waals surface area (Å²) in [5.74, 6) is -0.997. The zero-order valence-corrected chi connectivity index (χ0v) is 11.0. The molecule has 6 heteroatoms. The number of nitrogens with one attached hydrogen (secondary N) is 1. The van der Waals surface area contributed by atoms with Crippen LogP contribution in [0, 0.1) is 0 Å². The van der Waals surface area contributed by atoms with E-state index in [0.29, 0.717) is 6.42 Å². The van der Waals surface area contributed by atoms with E-state index in [1.807, 2.05) is 0 Å². The summed E-state index contributed by atoms with van der Waals surface area (Å²) in [4.78, 5) is 24.3. The molecule has 0 aromatic heterocycles. The molecule has 108 valence electrons. The van der Waals surface area contributed by atoms with E-state index in [-0.39, 0.29) is 24.7 Å². The number of hydrogen-bond donors (Lipinski definition) is 3. The van der Waals surface area contributed by atoms with Crippen molar-refractivity contribution in [3.8, 4) is 0 Å². The predicted molar refractivity (Wildman–Crippen MR) is 68.8 cm³/mol. The monoisotopic (exact) mass is 270 g/mol. The molecule has 0 aromatic carbocycles. The molecule has 6 nitrogen and oxygen atoms in total. The van der Waals surface area contributed by atoms with Crippen molar-refractivity contribution >= 4 is 12.0 Å². The second-order valence-corrected chi connectivity index (χ2v) is 5.51. The van der Waals surface area contributed by atoms with Gasteiger partial charge in [0.05, 0.1) is 12.1 Å². The summed E-state index contributed by atoms with van der Waals surface area (Å²) in [7, 11) is 0. The summed E-state index contributed by atoms with van der Waals surface area (Å²) >= 11 is 0. The van der Waals surface area contributed by atoms with Crippen molar-refractivity contribution in [3.05, 3.63) is 0 Å². The number of carbonyl (C=O) groups is 2. The minimum atomic E-state index is -0.997. The van der Waals surface area contributed by atoms with E-state index in [4.69, 9.17) is 5.11 Å². The van der Waals surface area contributed by atoms with Crippen molar-refractivity contribution in [2.45, 2.75) is 63.1 Å². The van der Waals surface area contributed by atoms with Crippen LogP contribution >= 0.6 is 0 Å². The number of amides is 2. The van der Waals surface area contributed by atoms with Gasteiger partial charge in [-0.05, 0) is 25.7 Å². The molecule has 0 saturated heterocycles. The van der Waals surface area contributed by atoms with Crippen LogP contribution in [-0.4, -0.2) is 51.8 Å². The van der Waals surface area contributed by atoms with Gasteiger partial charge in [0.1, 0.15) is 6.54 Å². The fourth-order valence-corrected chi connectivity index (χ4v) is 2.60. The molecule has 2 atom stereocenters. The number of carbonyl (C=O) groups excluding carboxylic acids is 1. The number of aliphatic hydroxyl groups excluding tert-OH is 1. The van der Waals surface area contributed by atoms with Crippen molar-refractivity contribution in [2.24, 2.45) is 0 Å². The average Bonchev–Trinajstić information content (AvgIpc) is 3.16. The van der Waals surface area contributed by atoms with Crippen LogP contribution in [0.1, 0.15) is 44.9 Å². The standard InChI is InChI=1S/C13H22N2O4/c16-11-5-3-1-2-4-10(11)14-13(19)15(8-12(17)18)9-6-7-9/h9-11,16H,1-8H2,(H,14,19)(H,17,18). The van der Waals surface area contributed by atoms with Crippen LogP contribution in [0.15, 0.2) is 0 Å². The van der Waals surface area contributed by atoms with Gasteiger partial charge < -0.3 is 20.4 Å². The summed E-state index contributed by atoms with van der Waals surface area (Å²) in [6.07, 6.45) is 5.73. The Bertz CT molecular complexity index is 344. The maximum atomic E-state index is 12.1. The minimum absolute atomic E-state index is 0.0546. The van der Waals surface area contributed by atoms with E-state index in [0.717, 1.165) is 38.5 Å². The van der Waals surface area contributed by atoms with E-state index >= 15 is 0 Å². The smallest absolute Gasteiger partial charge is 0.323 e. The van der Waals surface area contributed by atoms with E-state index < -0.39 is 12.1 Å². The molecule has 2 fully saturated rings. The second kappa shape index (κ2) is 6.23. The van der Waals surface area contributed by atoms with Gasteiger partial charge in [-0.25, -0.2) is 4.79 Å². The molecule has 2 unspecified atom stereocenters. The van der Waals surface area contributed by atoms with Crippen molar-refractivity contribution in [2.75, 3.05) is 6.54 Å². The minimum Gasteiger partial charge on any atom is -0.480 e. The number of urea groups is 1. The Morgan fingerprint density at radius 3 is 2.42 bits per heavy atom. The summed E-state index contributed by atoms with van der Waals surface area (Å²) in [6.45, 7) is -0.265. The van der Waals surface area contributed by atoms with E-state index in [1.165, 1.54) is 4.90 Å². The Hall–Kier alpha value is -1.30. The molecule has 2 saturated carbocycles. The fraction of sp³-hybridized carbons (Fsp3) is 0.846. The molecule has 0 radical (unpaired) electrons. The Morgan fingerprint density at radius 1 is 1.11 bits per heavy atom. The lowest BCUT2D eigenvalue weighted by molar-refractivity contribution is -0.137. The maximum absolute atomic E-state index is 12.1. The van der Waals surface area contributed by atoms with Crippen LogP contribution in [-0.2, 0) is 4.79 Å². The van der Waals surface area contributed by atoms with Gasteiger partial charge in [-0.2, -0.15) is 0 Å². The van der Waals surface area contributed by atoms with Crippen molar-refractivity contribution < 1.29 is 19.8 Å². The molecular weight excluding hydrogens is 248 g/mol. The Morgan fingerprint density at radius 2 is 1.79 bits per heavy atom. The van der Waals surface area contributed by atoms with Gasteiger partial charge >= 0.3 is 12.0 Å². The normalized spacial score (nSPS) is 27.4. The first-order valence-corrected chi connectivity index (χ1v) is 7.05. The molecule has 0 heterocycles. The van der Waals surface area contributed by atoms with Gasteiger partial charge in [0.25, 0.3) is 0 Å². The highest BCUT2D eigenvalue weighted by Crippen LogP contribution is 2.27. The predicted octanol–water partition coefficient (Wildman–Crippen LogP) is 0.939. The van der Waals surface area contributed by atoms with Crippen LogP contribution in [0.3, 0.4) is 0 Å². The quantitative estimate of drug-likeness (QED) is 0.663. The summed E-state index contributed by atoms with van der Waals surface area (Å²) in [6, 6.07) is -0.542. The highest BCUT2D eigenvalue weighted by Gasteiger charge is 2.35. The lowest BCUT2D eigenvalue weighted by Crippen LogP contribution is -2.51. The molecular formula is C13H22N2O4. The highest BCUT2D eigenvalue weighted by atomic mass is 16.4. The number of nitrogens with zero attached hydrogens (tertiary/aromatic N) is 1. The van der Waals surface area contributed by atoms with E-state index in [9.17, 15) is 14.7 Å². The van der Waals surface area contributed by atoms with Crippen LogP contribution in [0.4, 0.5) is 4.79 Å². The molecule has 2 aliphatic rings. The molecule has 0 aliphatic heterocycles. The van der Waals surface area contributed by atoms with E-state index in [2.05, 4.69) is 5.32 Å². The molecule has 0 bridgehead atoms. The van der Waals surface area contributed by atoms with Crippen LogP contribution in [0.5, 0.6) is 0 Å². The lowest BCUT2D eigenvalue weighted by Gasteiger charge is -2.27. The zero-order valence-electron chi connectivity index (χ0n) is 11.0. The molecule has 3 N–H and O–H groups in total. The van der Waals surface area contributed by atoms with Gasteiger partial charge in [-0.1, -0.05) is 19.3 Å². The van der Waals surface area contributed by atoms with E-state index in [1.54, 1.807) is 0 Å². The van der Waals surface area contributed by atoms with Crippen LogP contribution in [0.25, 0.3) is 0 Å². The number of carboxylic acid groups (broad SMARTS) is 1. The first-order valence-electron chi connectivity index (χ1n) is 7.05. The molecule has 0 spiro atoms. The molecule has 2 aliphatic carbocycles.